The first-order valence-electron chi connectivity index (χ1n) is 8.30. The highest BCUT2D eigenvalue weighted by atomic mass is 79.9. The minimum Gasteiger partial charge on any atom is -0.545 e. The topological polar surface area (TPSA) is 93.4 Å². The van der Waals surface area contributed by atoms with E-state index in [1.54, 1.807) is 28.9 Å². The number of halogens is 1. The average Bonchev–Trinajstić information content (AvgIpc) is 2.58. The summed E-state index contributed by atoms with van der Waals surface area (Å²) >= 11 is 1.61. The van der Waals surface area contributed by atoms with Gasteiger partial charge < -0.3 is 20.1 Å². The second kappa shape index (κ2) is 8.02. The van der Waals surface area contributed by atoms with Gasteiger partial charge in [0.15, 0.2) is 18.4 Å². The van der Waals surface area contributed by atoms with E-state index < -0.39 is 12.0 Å². The Labute approximate surface area is 172 Å². The number of β-lactam (4-membered cyclic amide) rings is 1. The van der Waals surface area contributed by atoms with Crippen LogP contribution in [0.3, 0.4) is 0 Å². The van der Waals surface area contributed by atoms with Gasteiger partial charge >= 0.3 is 0 Å². The van der Waals surface area contributed by atoms with Crippen LogP contribution in [-0.4, -0.2) is 40.4 Å². The summed E-state index contributed by atoms with van der Waals surface area (Å²) in [4.78, 5) is 35.5. The Balaban J connectivity index is 0.00000261. The van der Waals surface area contributed by atoms with Crippen molar-refractivity contribution in [3.8, 4) is 0 Å². The molecule has 0 unspecified atom stereocenters. The normalized spacial score (nSPS) is 21.4. The minimum absolute atomic E-state index is 0. The highest BCUT2D eigenvalue weighted by Gasteiger charge is 2.48. The molecule has 0 aliphatic carbocycles. The van der Waals surface area contributed by atoms with E-state index in [2.05, 4.69) is 5.32 Å². The van der Waals surface area contributed by atoms with E-state index in [4.69, 9.17) is 0 Å². The standard InChI is InChI=1S/C18H21N3O4S.BrH/c1-18(2,3)13-6-12(17(24)25)4-5-20(13)7-11-8-21-15(23)14(19-10-22)16(21)26-9-11;/h4-6,8,10,14,16H,7,9H2,1-3H3,(H-,19,22,24,25);1H/t14-,16+;/m1./s1. The first-order chi connectivity index (χ1) is 12.2. The molecule has 0 bridgehead atoms. The van der Waals surface area contributed by atoms with Crippen molar-refractivity contribution in [3.05, 3.63) is 41.4 Å². The second-order valence-electron chi connectivity index (χ2n) is 7.46. The van der Waals surface area contributed by atoms with Crippen LogP contribution in [0.5, 0.6) is 0 Å². The van der Waals surface area contributed by atoms with Gasteiger partial charge in [0.1, 0.15) is 11.4 Å². The SMILES string of the molecule is Br.CC(C)(C)c1cc(C(=O)[O-])cc[n+]1CC1=CN2C(=O)[C@@H](NC=O)[C@@H]2SC1. The van der Waals surface area contributed by atoms with E-state index in [0.29, 0.717) is 13.0 Å². The van der Waals surface area contributed by atoms with Gasteiger partial charge in [0.05, 0.1) is 5.97 Å². The number of fused-ring (bicyclic) bond motifs is 1. The van der Waals surface area contributed by atoms with Gasteiger partial charge in [-0.3, -0.25) is 9.59 Å². The van der Waals surface area contributed by atoms with Gasteiger partial charge in [0.25, 0.3) is 5.91 Å². The predicted molar refractivity (Wildman–Crippen MR) is 104 cm³/mol. The molecule has 2 aliphatic heterocycles. The zero-order chi connectivity index (χ0) is 19.1. The van der Waals surface area contributed by atoms with E-state index >= 15 is 0 Å². The fraction of sp³-hybridized carbons (Fsp3) is 0.444. The van der Waals surface area contributed by atoms with Crippen molar-refractivity contribution < 1.29 is 24.1 Å². The zero-order valence-corrected chi connectivity index (χ0v) is 17.8. The third-order valence-corrected chi connectivity index (χ3v) is 5.88. The summed E-state index contributed by atoms with van der Waals surface area (Å²) < 4.78 is 2.00. The summed E-state index contributed by atoms with van der Waals surface area (Å²) in [7, 11) is 0. The lowest BCUT2D eigenvalue weighted by molar-refractivity contribution is -0.699. The molecule has 0 radical (unpaired) electrons. The van der Waals surface area contributed by atoms with E-state index in [1.807, 2.05) is 31.5 Å². The average molecular weight is 456 g/mol. The maximum Gasteiger partial charge on any atom is 0.253 e. The highest BCUT2D eigenvalue weighted by molar-refractivity contribution is 8.93. The maximum absolute atomic E-state index is 12.1. The smallest absolute Gasteiger partial charge is 0.253 e. The molecule has 2 aliphatic rings. The third kappa shape index (κ3) is 4.19. The van der Waals surface area contributed by atoms with Crippen molar-refractivity contribution in [2.45, 2.75) is 44.1 Å². The molecule has 146 valence electrons. The number of thioether (sulfide) groups is 1. The molecule has 1 fully saturated rings. The third-order valence-electron chi connectivity index (χ3n) is 4.50. The molecule has 3 rings (SSSR count). The van der Waals surface area contributed by atoms with Crippen molar-refractivity contribution in [1.82, 2.24) is 10.2 Å². The lowest BCUT2D eigenvalue weighted by Gasteiger charge is -2.46. The van der Waals surface area contributed by atoms with Crippen LogP contribution in [0, 0.1) is 0 Å². The van der Waals surface area contributed by atoms with Crippen LogP contribution in [0.15, 0.2) is 30.1 Å². The summed E-state index contributed by atoms with van der Waals surface area (Å²) in [6.07, 6.45) is 4.15. The van der Waals surface area contributed by atoms with Crippen molar-refractivity contribution in [2.75, 3.05) is 5.75 Å². The van der Waals surface area contributed by atoms with E-state index in [1.165, 1.54) is 6.07 Å². The predicted octanol–water partition coefficient (Wildman–Crippen LogP) is 0.127. The number of aromatic carboxylic acids is 1. The number of pyridine rings is 1. The number of rotatable bonds is 5. The number of carboxylic acid groups (broad SMARTS) is 1. The molecule has 2 amide bonds. The van der Waals surface area contributed by atoms with Crippen molar-refractivity contribution in [2.24, 2.45) is 0 Å². The molecule has 2 atom stereocenters. The van der Waals surface area contributed by atoms with Crippen molar-refractivity contribution in [3.63, 3.8) is 0 Å². The van der Waals surface area contributed by atoms with E-state index in [-0.39, 0.29) is 39.2 Å². The van der Waals surface area contributed by atoms with Gasteiger partial charge in [-0.2, -0.15) is 4.57 Å². The Kier molecular flexibility index (Phi) is 6.36. The van der Waals surface area contributed by atoms with Gasteiger partial charge in [-0.15, -0.1) is 28.7 Å². The van der Waals surface area contributed by atoms with Crippen LogP contribution in [0.2, 0.25) is 0 Å². The van der Waals surface area contributed by atoms with Crippen LogP contribution in [-0.2, 0) is 21.5 Å². The summed E-state index contributed by atoms with van der Waals surface area (Å²) in [6.45, 7) is 6.63. The molecule has 27 heavy (non-hydrogen) atoms. The summed E-state index contributed by atoms with van der Waals surface area (Å²) in [5, 5.41) is 13.7. The lowest BCUT2D eigenvalue weighted by Crippen LogP contribution is -2.67. The first kappa shape index (κ1) is 21.4. The number of hydrogen-bond donors (Lipinski definition) is 1. The van der Waals surface area contributed by atoms with Crippen molar-refractivity contribution >= 4 is 47.0 Å². The van der Waals surface area contributed by atoms with Crippen molar-refractivity contribution in [1.29, 1.82) is 0 Å². The van der Waals surface area contributed by atoms with Gasteiger partial charge in [-0.05, 0) is 0 Å². The number of hydrogen-bond acceptors (Lipinski definition) is 5. The van der Waals surface area contributed by atoms with Crippen LogP contribution < -0.4 is 15.0 Å². The number of aromatic nitrogens is 1. The lowest BCUT2D eigenvalue weighted by atomic mass is 9.90. The molecule has 1 N–H and O–H groups in total. The largest absolute Gasteiger partial charge is 0.545 e. The number of amides is 2. The maximum atomic E-state index is 12.1. The number of carbonyl (C=O) groups is 3. The van der Waals surface area contributed by atoms with Gasteiger partial charge in [-0.25, -0.2) is 0 Å². The summed E-state index contributed by atoms with van der Waals surface area (Å²) in [5.74, 6) is -0.567. The van der Waals surface area contributed by atoms with Crippen LogP contribution in [0.4, 0.5) is 0 Å². The molecule has 7 nitrogen and oxygen atoms in total. The fourth-order valence-corrected chi connectivity index (χ4v) is 4.46. The fourth-order valence-electron chi connectivity index (χ4n) is 3.20. The number of nitrogens with one attached hydrogen (secondary N) is 1. The quantitative estimate of drug-likeness (QED) is 0.386. The molecule has 9 heteroatoms. The molecule has 1 aromatic heterocycles. The Morgan fingerprint density at radius 3 is 2.78 bits per heavy atom. The Morgan fingerprint density at radius 1 is 1.48 bits per heavy atom. The Morgan fingerprint density at radius 2 is 2.19 bits per heavy atom. The minimum atomic E-state index is -1.20. The Bertz CT molecular complexity index is 806. The summed E-state index contributed by atoms with van der Waals surface area (Å²) in [6, 6.07) is 2.73. The van der Waals surface area contributed by atoms with Crippen LogP contribution >= 0.6 is 28.7 Å². The number of nitrogens with zero attached hydrogens (tertiary/aromatic N) is 2. The first-order valence-corrected chi connectivity index (χ1v) is 9.35. The molecule has 0 spiro atoms. The van der Waals surface area contributed by atoms with Crippen LogP contribution in [0.1, 0.15) is 36.8 Å². The van der Waals surface area contributed by atoms with Gasteiger partial charge in [0.2, 0.25) is 6.41 Å². The molecular weight excluding hydrogens is 434 g/mol. The molecule has 1 saturated heterocycles. The monoisotopic (exact) mass is 455 g/mol. The second-order valence-corrected chi connectivity index (χ2v) is 8.57. The molecule has 0 saturated carbocycles. The molecular formula is C18H22BrN3O4S. The number of carboxylic acids is 1. The molecule has 1 aromatic rings. The van der Waals surface area contributed by atoms with Gasteiger partial charge in [0, 0.05) is 40.6 Å². The Hall–Kier alpha value is -1.87. The zero-order valence-electron chi connectivity index (χ0n) is 15.3. The summed E-state index contributed by atoms with van der Waals surface area (Å²) in [5.41, 5.74) is 1.84. The number of carbonyl (C=O) groups excluding carboxylic acids is 3. The van der Waals surface area contributed by atoms with Crippen LogP contribution in [0.25, 0.3) is 0 Å². The van der Waals surface area contributed by atoms with E-state index in [0.717, 1.165) is 17.0 Å². The van der Waals surface area contributed by atoms with Gasteiger partial charge in [-0.1, -0.05) is 20.8 Å². The molecule has 3 heterocycles. The molecule has 0 aromatic carbocycles. The van der Waals surface area contributed by atoms with E-state index in [9.17, 15) is 19.5 Å². The highest BCUT2D eigenvalue weighted by Crippen LogP contribution is 2.36.